The van der Waals surface area contributed by atoms with Gasteiger partial charge in [0.1, 0.15) is 11.3 Å². The Morgan fingerprint density at radius 3 is 2.95 bits per heavy atom. The lowest BCUT2D eigenvalue weighted by molar-refractivity contribution is -0.133. The van der Waals surface area contributed by atoms with Crippen LogP contribution in [-0.4, -0.2) is 33.0 Å². The van der Waals surface area contributed by atoms with Gasteiger partial charge in [0, 0.05) is 5.03 Å². The summed E-state index contributed by atoms with van der Waals surface area (Å²) in [7, 11) is 0. The fraction of sp³-hybridized carbons (Fsp3) is 0.286. The third-order valence-electron chi connectivity index (χ3n) is 2.66. The maximum atomic E-state index is 10.8. The van der Waals surface area contributed by atoms with Crippen LogP contribution in [0.2, 0.25) is 0 Å². The van der Waals surface area contributed by atoms with Crippen molar-refractivity contribution in [3.05, 3.63) is 29.8 Å². The molecular weight excluding hydrogens is 312 g/mol. The van der Waals surface area contributed by atoms with Crippen molar-refractivity contribution in [2.45, 2.75) is 18.6 Å². The number of aliphatic carboxylic acids is 1. The van der Waals surface area contributed by atoms with Crippen LogP contribution in [-0.2, 0) is 11.3 Å². The van der Waals surface area contributed by atoms with Gasteiger partial charge >= 0.3 is 5.97 Å². The molecule has 0 saturated carbocycles. The van der Waals surface area contributed by atoms with Crippen molar-refractivity contribution in [1.82, 2.24) is 9.55 Å². The quantitative estimate of drug-likeness (QED) is 0.790. The molecule has 112 valence electrons. The zero-order valence-corrected chi connectivity index (χ0v) is 13.1. The maximum absolute atomic E-state index is 10.8. The summed E-state index contributed by atoms with van der Waals surface area (Å²) in [5, 5.41) is 9.87. The van der Waals surface area contributed by atoms with E-state index >= 15 is 0 Å². The van der Waals surface area contributed by atoms with E-state index in [0.717, 1.165) is 17.3 Å². The standard InChI is InChI=1S/C14H15ClN2O3S/c1-3-20-11-6-4-5-10-13(11)16-14(21-8-12(18)19)17(10)7-9(2)15/h4-6H,2-3,7-8H2,1H3,(H,18,19). The minimum atomic E-state index is -0.895. The van der Waals surface area contributed by atoms with Gasteiger partial charge in [-0.05, 0) is 19.1 Å². The van der Waals surface area contributed by atoms with Crippen LogP contribution in [0.1, 0.15) is 6.92 Å². The van der Waals surface area contributed by atoms with Gasteiger partial charge in [0.2, 0.25) is 0 Å². The van der Waals surface area contributed by atoms with Crippen LogP contribution >= 0.6 is 23.4 Å². The highest BCUT2D eigenvalue weighted by molar-refractivity contribution is 7.99. The zero-order chi connectivity index (χ0) is 15.4. The number of para-hydroxylation sites is 1. The molecule has 0 atom stereocenters. The van der Waals surface area contributed by atoms with E-state index in [1.54, 1.807) is 0 Å². The van der Waals surface area contributed by atoms with Crippen molar-refractivity contribution in [3.63, 3.8) is 0 Å². The van der Waals surface area contributed by atoms with Crippen LogP contribution in [0.25, 0.3) is 11.0 Å². The molecule has 21 heavy (non-hydrogen) atoms. The number of aromatic nitrogens is 2. The number of carboxylic acid groups (broad SMARTS) is 1. The highest BCUT2D eigenvalue weighted by Gasteiger charge is 2.16. The number of benzene rings is 1. The van der Waals surface area contributed by atoms with Gasteiger partial charge in [-0.15, -0.1) is 0 Å². The first-order valence-corrected chi connectivity index (χ1v) is 7.69. The van der Waals surface area contributed by atoms with Crippen LogP contribution < -0.4 is 4.74 Å². The first-order valence-electron chi connectivity index (χ1n) is 6.32. The Labute approximate surface area is 131 Å². The number of ether oxygens (including phenoxy) is 1. The minimum absolute atomic E-state index is 0.0674. The number of fused-ring (bicyclic) bond motifs is 1. The number of thioether (sulfide) groups is 1. The fourth-order valence-corrected chi connectivity index (χ4v) is 2.78. The lowest BCUT2D eigenvalue weighted by atomic mass is 10.3. The maximum Gasteiger partial charge on any atom is 0.313 e. The number of hydrogen-bond donors (Lipinski definition) is 1. The smallest absolute Gasteiger partial charge is 0.313 e. The van der Waals surface area contributed by atoms with E-state index in [9.17, 15) is 4.79 Å². The SMILES string of the molecule is C=C(Cl)Cn1c(SCC(=O)O)nc2c(OCC)cccc21. The Hall–Kier alpha value is -1.66. The van der Waals surface area contributed by atoms with Gasteiger partial charge in [-0.25, -0.2) is 4.98 Å². The highest BCUT2D eigenvalue weighted by Crippen LogP contribution is 2.31. The summed E-state index contributed by atoms with van der Waals surface area (Å²) in [5.41, 5.74) is 1.54. The predicted octanol–water partition coefficient (Wildman–Crippen LogP) is 3.36. The number of carboxylic acids is 1. The van der Waals surface area contributed by atoms with Crippen molar-refractivity contribution in [3.8, 4) is 5.75 Å². The molecule has 0 aliphatic carbocycles. The summed E-state index contributed by atoms with van der Waals surface area (Å²) in [4.78, 5) is 15.3. The summed E-state index contributed by atoms with van der Waals surface area (Å²) in [6.45, 7) is 6.50. The average Bonchev–Trinajstić information content (AvgIpc) is 2.76. The molecule has 0 radical (unpaired) electrons. The molecule has 1 aromatic heterocycles. The van der Waals surface area contributed by atoms with E-state index in [0.29, 0.717) is 34.6 Å². The summed E-state index contributed by atoms with van der Waals surface area (Å²) >= 11 is 7.05. The second-order valence-corrected chi connectivity index (χ2v) is 5.71. The lowest BCUT2D eigenvalue weighted by Crippen LogP contribution is -2.03. The second-order valence-electron chi connectivity index (χ2n) is 4.24. The van der Waals surface area contributed by atoms with Gasteiger partial charge in [0.25, 0.3) is 0 Å². The molecule has 1 heterocycles. The summed E-state index contributed by atoms with van der Waals surface area (Å²) in [6, 6.07) is 5.61. The molecule has 2 rings (SSSR count). The molecule has 0 saturated heterocycles. The number of nitrogens with zero attached hydrogens (tertiary/aromatic N) is 2. The topological polar surface area (TPSA) is 64.4 Å². The van der Waals surface area contributed by atoms with Gasteiger partial charge in [-0.1, -0.05) is 36.0 Å². The molecule has 0 aliphatic rings. The Bertz CT molecular complexity index is 684. The monoisotopic (exact) mass is 326 g/mol. The van der Waals surface area contributed by atoms with Gasteiger partial charge in [-0.2, -0.15) is 0 Å². The molecule has 0 bridgehead atoms. The first kappa shape index (κ1) is 15.7. The molecule has 0 aliphatic heterocycles. The highest BCUT2D eigenvalue weighted by atomic mass is 35.5. The minimum Gasteiger partial charge on any atom is -0.492 e. The number of allylic oxidation sites excluding steroid dienone is 1. The van der Waals surface area contributed by atoms with Crippen molar-refractivity contribution < 1.29 is 14.6 Å². The lowest BCUT2D eigenvalue weighted by Gasteiger charge is -2.07. The molecular formula is C14H15ClN2O3S. The molecule has 1 N–H and O–H groups in total. The molecule has 0 fully saturated rings. The number of hydrogen-bond acceptors (Lipinski definition) is 4. The zero-order valence-electron chi connectivity index (χ0n) is 11.5. The number of rotatable bonds is 7. The average molecular weight is 327 g/mol. The molecule has 5 nitrogen and oxygen atoms in total. The number of halogens is 1. The second kappa shape index (κ2) is 6.87. The number of carbonyl (C=O) groups is 1. The molecule has 0 spiro atoms. The third kappa shape index (κ3) is 3.71. The van der Waals surface area contributed by atoms with Crippen LogP contribution in [0.3, 0.4) is 0 Å². The van der Waals surface area contributed by atoms with Crippen LogP contribution in [0, 0.1) is 0 Å². The van der Waals surface area contributed by atoms with Gasteiger partial charge < -0.3 is 14.4 Å². The first-order chi connectivity index (χ1) is 10.0. The third-order valence-corrected chi connectivity index (χ3v) is 3.74. The largest absolute Gasteiger partial charge is 0.492 e. The molecule has 0 amide bonds. The predicted molar refractivity (Wildman–Crippen MR) is 84.3 cm³/mol. The van der Waals surface area contributed by atoms with Crippen molar-refractivity contribution in [1.29, 1.82) is 0 Å². The van der Waals surface area contributed by atoms with Gasteiger partial charge in [0.15, 0.2) is 5.16 Å². The van der Waals surface area contributed by atoms with Crippen LogP contribution in [0.5, 0.6) is 5.75 Å². The van der Waals surface area contributed by atoms with E-state index in [-0.39, 0.29) is 5.75 Å². The molecule has 0 unspecified atom stereocenters. The number of imidazole rings is 1. The summed E-state index contributed by atoms with van der Waals surface area (Å²) in [6.07, 6.45) is 0. The molecule has 2 aromatic rings. The van der Waals surface area contributed by atoms with Gasteiger partial charge in [0.05, 0.1) is 24.4 Å². The van der Waals surface area contributed by atoms with Crippen molar-refractivity contribution in [2.75, 3.05) is 12.4 Å². The van der Waals surface area contributed by atoms with Crippen molar-refractivity contribution in [2.24, 2.45) is 0 Å². The van der Waals surface area contributed by atoms with Crippen LogP contribution in [0.4, 0.5) is 0 Å². The normalized spacial score (nSPS) is 10.8. The van der Waals surface area contributed by atoms with E-state index < -0.39 is 5.97 Å². The molecule has 7 heteroatoms. The van der Waals surface area contributed by atoms with E-state index in [4.69, 9.17) is 21.4 Å². The van der Waals surface area contributed by atoms with E-state index in [1.165, 1.54) is 0 Å². The van der Waals surface area contributed by atoms with Crippen molar-refractivity contribution >= 4 is 40.4 Å². The summed E-state index contributed by atoms with van der Waals surface area (Å²) < 4.78 is 7.41. The Morgan fingerprint density at radius 2 is 2.33 bits per heavy atom. The van der Waals surface area contributed by atoms with E-state index in [1.807, 2.05) is 29.7 Å². The molecule has 1 aromatic carbocycles. The van der Waals surface area contributed by atoms with Gasteiger partial charge in [-0.3, -0.25) is 4.79 Å². The fourth-order valence-electron chi connectivity index (χ4n) is 1.93. The Kier molecular flexibility index (Phi) is 5.14. The summed E-state index contributed by atoms with van der Waals surface area (Å²) in [5.74, 6) is -0.290. The van der Waals surface area contributed by atoms with E-state index in [2.05, 4.69) is 11.6 Å². The Balaban J connectivity index is 2.51. The Morgan fingerprint density at radius 1 is 1.57 bits per heavy atom. The van der Waals surface area contributed by atoms with Crippen LogP contribution in [0.15, 0.2) is 35.0 Å².